The lowest BCUT2D eigenvalue weighted by Gasteiger charge is -2.08. The van der Waals surface area contributed by atoms with Crippen LogP contribution in [-0.2, 0) is 0 Å². The maximum absolute atomic E-state index is 12.2. The van der Waals surface area contributed by atoms with Gasteiger partial charge < -0.3 is 5.32 Å². The first-order valence-corrected chi connectivity index (χ1v) is 6.93. The molecule has 0 aliphatic heterocycles. The normalized spacial score (nSPS) is 10.2. The molecular formula is C13H9BrClN3O3. The van der Waals surface area contributed by atoms with Crippen molar-refractivity contribution in [2.45, 2.75) is 6.92 Å². The van der Waals surface area contributed by atoms with Crippen LogP contribution >= 0.6 is 27.5 Å². The van der Waals surface area contributed by atoms with Gasteiger partial charge in [-0.1, -0.05) is 11.6 Å². The second-order valence-electron chi connectivity index (χ2n) is 4.19. The van der Waals surface area contributed by atoms with Gasteiger partial charge in [-0.3, -0.25) is 14.9 Å². The number of amides is 1. The number of carbonyl (C=O) groups is 1. The number of anilines is 1. The molecule has 0 saturated carbocycles. The van der Waals surface area contributed by atoms with Crippen LogP contribution in [0.25, 0.3) is 0 Å². The number of halogens is 2. The Balaban J connectivity index is 2.32. The topological polar surface area (TPSA) is 85.1 Å². The molecule has 0 unspecified atom stereocenters. The number of nitro benzene ring substituents is 1. The molecule has 1 aromatic carbocycles. The summed E-state index contributed by atoms with van der Waals surface area (Å²) in [5, 5.41) is 13.5. The molecule has 1 amide bonds. The molecule has 2 rings (SSSR count). The van der Waals surface area contributed by atoms with Crippen molar-refractivity contribution in [1.29, 1.82) is 0 Å². The molecule has 1 heterocycles. The monoisotopic (exact) mass is 369 g/mol. The predicted molar refractivity (Wildman–Crippen MR) is 82.7 cm³/mol. The summed E-state index contributed by atoms with van der Waals surface area (Å²) in [6.45, 7) is 1.78. The smallest absolute Gasteiger partial charge is 0.270 e. The van der Waals surface area contributed by atoms with Crippen molar-refractivity contribution in [2.24, 2.45) is 0 Å². The van der Waals surface area contributed by atoms with E-state index in [0.717, 1.165) is 16.1 Å². The molecular weight excluding hydrogens is 362 g/mol. The highest BCUT2D eigenvalue weighted by molar-refractivity contribution is 9.10. The molecule has 21 heavy (non-hydrogen) atoms. The van der Waals surface area contributed by atoms with Gasteiger partial charge in [0.2, 0.25) is 0 Å². The van der Waals surface area contributed by atoms with Crippen molar-refractivity contribution in [3.05, 3.63) is 61.2 Å². The van der Waals surface area contributed by atoms with E-state index in [-0.39, 0.29) is 16.3 Å². The molecule has 0 aliphatic rings. The molecule has 0 radical (unpaired) electrons. The van der Waals surface area contributed by atoms with E-state index in [4.69, 9.17) is 11.6 Å². The third kappa shape index (κ3) is 3.56. The first-order chi connectivity index (χ1) is 9.88. The van der Waals surface area contributed by atoms with E-state index in [0.29, 0.717) is 5.82 Å². The van der Waals surface area contributed by atoms with Crippen molar-refractivity contribution >= 4 is 44.9 Å². The number of hydrogen-bond acceptors (Lipinski definition) is 4. The zero-order chi connectivity index (χ0) is 15.6. The van der Waals surface area contributed by atoms with Crippen LogP contribution in [0, 0.1) is 17.0 Å². The van der Waals surface area contributed by atoms with Crippen molar-refractivity contribution in [3.8, 4) is 0 Å². The lowest BCUT2D eigenvalue weighted by Crippen LogP contribution is -2.14. The van der Waals surface area contributed by atoms with Gasteiger partial charge in [-0.25, -0.2) is 4.98 Å². The highest BCUT2D eigenvalue weighted by atomic mass is 79.9. The summed E-state index contributed by atoms with van der Waals surface area (Å²) in [6.07, 6.45) is 1.54. The minimum atomic E-state index is -0.587. The number of nitrogens with one attached hydrogen (secondary N) is 1. The van der Waals surface area contributed by atoms with Gasteiger partial charge >= 0.3 is 0 Å². The van der Waals surface area contributed by atoms with Crippen molar-refractivity contribution < 1.29 is 9.72 Å². The Bertz CT molecular complexity index is 737. The number of non-ortho nitro benzene ring substituents is 1. The lowest BCUT2D eigenvalue weighted by atomic mass is 10.2. The Morgan fingerprint density at radius 1 is 1.43 bits per heavy atom. The number of aromatic nitrogens is 1. The van der Waals surface area contributed by atoms with Crippen molar-refractivity contribution in [1.82, 2.24) is 4.98 Å². The number of hydrogen-bond donors (Lipinski definition) is 1. The van der Waals surface area contributed by atoms with Gasteiger partial charge in [0.05, 0.1) is 15.5 Å². The molecule has 6 nitrogen and oxygen atoms in total. The molecule has 0 saturated heterocycles. The lowest BCUT2D eigenvalue weighted by molar-refractivity contribution is -0.384. The van der Waals surface area contributed by atoms with Crippen molar-refractivity contribution in [3.63, 3.8) is 0 Å². The largest absolute Gasteiger partial charge is 0.306 e. The fourth-order valence-corrected chi connectivity index (χ4v) is 2.30. The van der Waals surface area contributed by atoms with Crippen LogP contribution in [0.15, 0.2) is 34.9 Å². The second kappa shape index (κ2) is 6.19. The van der Waals surface area contributed by atoms with Gasteiger partial charge in [0, 0.05) is 22.8 Å². The van der Waals surface area contributed by atoms with E-state index < -0.39 is 10.8 Å². The minimum Gasteiger partial charge on any atom is -0.306 e. The van der Waals surface area contributed by atoms with Crippen LogP contribution in [-0.4, -0.2) is 15.8 Å². The summed E-state index contributed by atoms with van der Waals surface area (Å²) in [5.41, 5.74) is 0.569. The zero-order valence-corrected chi connectivity index (χ0v) is 13.1. The van der Waals surface area contributed by atoms with E-state index >= 15 is 0 Å². The summed E-state index contributed by atoms with van der Waals surface area (Å²) in [6, 6.07) is 5.47. The number of aryl methyl sites for hydroxylation is 1. The number of nitrogens with zero attached hydrogens (tertiary/aromatic N) is 2. The maximum atomic E-state index is 12.2. The number of rotatable bonds is 3. The third-order valence-corrected chi connectivity index (χ3v) is 3.45. The van der Waals surface area contributed by atoms with Crippen LogP contribution in [0.2, 0.25) is 5.02 Å². The standard InChI is InChI=1S/C13H9BrClN3O3/c1-7-4-8(14)6-16-12(7)17-13(19)10-5-9(18(20)21)2-3-11(10)15/h2-6H,1H3,(H,16,17,19). The van der Waals surface area contributed by atoms with Crippen LogP contribution in [0.5, 0.6) is 0 Å². The van der Waals surface area contributed by atoms with Crippen LogP contribution in [0.3, 0.4) is 0 Å². The summed E-state index contributed by atoms with van der Waals surface area (Å²) in [4.78, 5) is 26.4. The average molecular weight is 371 g/mol. The molecule has 108 valence electrons. The SMILES string of the molecule is Cc1cc(Br)cnc1NC(=O)c1cc([N+](=O)[O-])ccc1Cl. The van der Waals surface area contributed by atoms with Crippen LogP contribution in [0.1, 0.15) is 15.9 Å². The summed E-state index contributed by atoms with van der Waals surface area (Å²) < 4.78 is 0.784. The summed E-state index contributed by atoms with van der Waals surface area (Å²) in [7, 11) is 0. The number of carbonyl (C=O) groups excluding carboxylic acids is 1. The molecule has 1 aromatic heterocycles. The van der Waals surface area contributed by atoms with Gasteiger partial charge in [-0.15, -0.1) is 0 Å². The average Bonchev–Trinajstić information content (AvgIpc) is 2.42. The molecule has 0 atom stereocenters. The Morgan fingerprint density at radius 2 is 2.14 bits per heavy atom. The van der Waals surface area contributed by atoms with E-state index in [1.807, 2.05) is 0 Å². The minimum absolute atomic E-state index is 0.0231. The number of pyridine rings is 1. The second-order valence-corrected chi connectivity index (χ2v) is 5.52. The number of benzene rings is 1. The number of nitro groups is 1. The van der Waals surface area contributed by atoms with E-state index in [1.54, 1.807) is 13.0 Å². The van der Waals surface area contributed by atoms with Gasteiger partial charge in [0.25, 0.3) is 11.6 Å². The van der Waals surface area contributed by atoms with Crippen LogP contribution < -0.4 is 5.32 Å². The van der Waals surface area contributed by atoms with Crippen LogP contribution in [0.4, 0.5) is 11.5 Å². The highest BCUT2D eigenvalue weighted by Gasteiger charge is 2.17. The summed E-state index contributed by atoms with van der Waals surface area (Å²) in [5.74, 6) is -0.188. The fraction of sp³-hybridized carbons (Fsp3) is 0.0769. The van der Waals surface area contributed by atoms with E-state index in [2.05, 4.69) is 26.2 Å². The van der Waals surface area contributed by atoms with Gasteiger partial charge in [-0.05, 0) is 40.5 Å². The Labute approximate surface area is 133 Å². The first kappa shape index (κ1) is 15.4. The zero-order valence-electron chi connectivity index (χ0n) is 10.8. The van der Waals surface area contributed by atoms with Crippen molar-refractivity contribution in [2.75, 3.05) is 5.32 Å². The van der Waals surface area contributed by atoms with Gasteiger partial charge in [-0.2, -0.15) is 0 Å². The third-order valence-electron chi connectivity index (χ3n) is 2.68. The molecule has 1 N–H and O–H groups in total. The molecule has 2 aromatic rings. The highest BCUT2D eigenvalue weighted by Crippen LogP contribution is 2.24. The van der Waals surface area contributed by atoms with Gasteiger partial charge in [0.15, 0.2) is 0 Å². The quantitative estimate of drug-likeness (QED) is 0.654. The molecule has 0 bridgehead atoms. The van der Waals surface area contributed by atoms with E-state index in [9.17, 15) is 14.9 Å². The molecule has 0 aliphatic carbocycles. The molecule has 8 heteroatoms. The summed E-state index contributed by atoms with van der Waals surface area (Å²) >= 11 is 9.19. The predicted octanol–water partition coefficient (Wildman–Crippen LogP) is 3.97. The molecule has 0 fully saturated rings. The first-order valence-electron chi connectivity index (χ1n) is 5.76. The van der Waals surface area contributed by atoms with E-state index in [1.165, 1.54) is 18.3 Å². The Morgan fingerprint density at radius 3 is 2.76 bits per heavy atom. The molecule has 0 spiro atoms. The maximum Gasteiger partial charge on any atom is 0.270 e. The Kier molecular flexibility index (Phi) is 4.54. The Hall–Kier alpha value is -1.99. The van der Waals surface area contributed by atoms with Gasteiger partial charge in [0.1, 0.15) is 5.82 Å². The fourth-order valence-electron chi connectivity index (χ4n) is 1.65.